The van der Waals surface area contributed by atoms with Crippen molar-refractivity contribution in [3.63, 3.8) is 0 Å². The third-order valence-corrected chi connectivity index (χ3v) is 1.52. The second-order valence-corrected chi connectivity index (χ2v) is 6.39. The Labute approximate surface area is 42.5 Å². The molecule has 0 bridgehead atoms. The molecule has 0 aromatic carbocycles. The summed E-state index contributed by atoms with van der Waals surface area (Å²) in [6.45, 7) is 3.67. The first-order valence-corrected chi connectivity index (χ1v) is 4.86. The van der Waals surface area contributed by atoms with Crippen molar-refractivity contribution in [3.05, 3.63) is 11.6 Å². The minimum absolute atomic E-state index is 0.354. The van der Waals surface area contributed by atoms with Crippen LogP contribution >= 0.6 is 0 Å². The Morgan fingerprint density at radius 1 is 1.33 bits per heavy atom. The van der Waals surface area contributed by atoms with Crippen molar-refractivity contribution in [2.45, 2.75) is 17.5 Å². The number of hydrogen-bond donors (Lipinski definition) is 0. The van der Waals surface area contributed by atoms with Crippen LogP contribution in [0.1, 0.15) is 0 Å². The minimum atomic E-state index is -0.354. The average Bonchev–Trinajstić information content (AvgIpc) is 1.35. The van der Waals surface area contributed by atoms with E-state index in [4.69, 9.17) is 0 Å². The fourth-order valence-corrected chi connectivity index (χ4v) is 0. The summed E-state index contributed by atoms with van der Waals surface area (Å²) >= 11 is -0.354. The summed E-state index contributed by atoms with van der Waals surface area (Å²) in [7, 11) is 0. The van der Waals surface area contributed by atoms with E-state index in [2.05, 4.69) is 24.0 Å². The van der Waals surface area contributed by atoms with Crippen LogP contribution in [0.2, 0.25) is 17.5 Å². The van der Waals surface area contributed by atoms with E-state index in [0.29, 0.717) is 0 Å². The standard InChI is InChI=1S/C2H3.3CH3.Cu/c1-2;;;;/h1H,2H2;3*1H3;. The SMILES string of the molecule is C=[CH][Cu]([CH3])([CH3])[CH3]. The Balaban J connectivity index is 3.45. The Morgan fingerprint density at radius 3 is 1.50 bits per heavy atom. The van der Waals surface area contributed by atoms with Gasteiger partial charge in [-0.25, -0.2) is 0 Å². The van der Waals surface area contributed by atoms with Crippen LogP contribution in [0.25, 0.3) is 0 Å². The molecule has 0 aliphatic heterocycles. The molecule has 0 fully saturated rings. The Kier molecular flexibility index (Phi) is 1.89. The van der Waals surface area contributed by atoms with Crippen molar-refractivity contribution in [2.75, 3.05) is 0 Å². The molecule has 0 unspecified atom stereocenters. The zero-order valence-electron chi connectivity index (χ0n) is 4.59. The second-order valence-electron chi connectivity index (χ2n) is 1.55. The van der Waals surface area contributed by atoms with Crippen LogP contribution in [0.15, 0.2) is 11.6 Å². The molecule has 0 rings (SSSR count). The Bertz CT molecular complexity index is 49.4. The van der Waals surface area contributed by atoms with Gasteiger partial charge in [0.25, 0.3) is 0 Å². The number of hydrogen-bond acceptors (Lipinski definition) is 0. The zero-order valence-corrected chi connectivity index (χ0v) is 5.53. The normalized spacial score (nSPS) is 13.8. The van der Waals surface area contributed by atoms with E-state index in [1.165, 1.54) is 0 Å². The van der Waals surface area contributed by atoms with Gasteiger partial charge in [0.15, 0.2) is 0 Å². The van der Waals surface area contributed by atoms with Gasteiger partial charge >= 0.3 is 41.9 Å². The molecule has 0 atom stereocenters. The van der Waals surface area contributed by atoms with Crippen LogP contribution in [-0.4, -0.2) is 0 Å². The zero-order chi connectivity index (χ0) is 5.21. The molecule has 0 spiro atoms. The summed E-state index contributed by atoms with van der Waals surface area (Å²) in [5.74, 6) is 6.61. The topological polar surface area (TPSA) is 0 Å². The third-order valence-electron chi connectivity index (χ3n) is 0.369. The van der Waals surface area contributed by atoms with Crippen molar-refractivity contribution in [2.24, 2.45) is 0 Å². The van der Waals surface area contributed by atoms with Crippen LogP contribution in [0, 0.1) is 0 Å². The fourth-order valence-electron chi connectivity index (χ4n) is 0. The van der Waals surface area contributed by atoms with Gasteiger partial charge in [-0.2, -0.15) is 0 Å². The van der Waals surface area contributed by atoms with Gasteiger partial charge in [0.1, 0.15) is 0 Å². The van der Waals surface area contributed by atoms with Gasteiger partial charge in [-0.15, -0.1) is 0 Å². The summed E-state index contributed by atoms with van der Waals surface area (Å²) in [4.78, 5) is 2.02. The molecule has 0 aromatic heterocycles. The maximum absolute atomic E-state index is 3.67. The van der Waals surface area contributed by atoms with Crippen LogP contribution < -0.4 is 0 Å². The van der Waals surface area contributed by atoms with Gasteiger partial charge in [-0.05, 0) is 0 Å². The van der Waals surface area contributed by atoms with E-state index >= 15 is 0 Å². The van der Waals surface area contributed by atoms with E-state index in [0.717, 1.165) is 0 Å². The Morgan fingerprint density at radius 2 is 1.50 bits per heavy atom. The molecule has 0 radical (unpaired) electrons. The van der Waals surface area contributed by atoms with Crippen molar-refractivity contribution < 1.29 is 12.8 Å². The van der Waals surface area contributed by atoms with Gasteiger partial charge in [0.2, 0.25) is 0 Å². The van der Waals surface area contributed by atoms with Crippen LogP contribution in [0.3, 0.4) is 0 Å². The third kappa shape index (κ3) is 4.26. The molecule has 0 aliphatic rings. The van der Waals surface area contributed by atoms with Crippen molar-refractivity contribution >= 4 is 0 Å². The predicted molar refractivity (Wildman–Crippen MR) is 27.8 cm³/mol. The first-order valence-electron chi connectivity index (χ1n) is 1.49. The average molecular weight is 136 g/mol. The molecule has 0 aliphatic carbocycles. The summed E-state index contributed by atoms with van der Waals surface area (Å²) in [6.07, 6.45) is 0. The van der Waals surface area contributed by atoms with E-state index in [9.17, 15) is 0 Å². The molecule has 1 heteroatoms. The fraction of sp³-hybridized carbons (Fsp3) is 0.600. The molecule has 0 amide bonds. The predicted octanol–water partition coefficient (Wildman–Crippen LogP) is 2.43. The van der Waals surface area contributed by atoms with Crippen LogP contribution in [0.4, 0.5) is 0 Å². The van der Waals surface area contributed by atoms with E-state index in [1.807, 2.05) is 4.97 Å². The molecular weight excluding hydrogens is 124 g/mol. The summed E-state index contributed by atoms with van der Waals surface area (Å²) in [6, 6.07) is 0. The molecule has 0 N–H and O–H groups in total. The van der Waals surface area contributed by atoms with Gasteiger partial charge in [0.05, 0.1) is 0 Å². The Hall–Kier alpha value is 0.259. The van der Waals surface area contributed by atoms with Crippen molar-refractivity contribution in [1.29, 1.82) is 0 Å². The maximum atomic E-state index is 3.67. The monoisotopic (exact) mass is 135 g/mol. The molecule has 6 heavy (non-hydrogen) atoms. The van der Waals surface area contributed by atoms with Crippen molar-refractivity contribution in [1.82, 2.24) is 0 Å². The first kappa shape index (κ1) is 6.26. The molecule has 0 saturated carbocycles. The number of rotatable bonds is 1. The van der Waals surface area contributed by atoms with Crippen molar-refractivity contribution in [3.8, 4) is 0 Å². The van der Waals surface area contributed by atoms with Gasteiger partial charge in [0, 0.05) is 0 Å². The molecular formula is C5H12Cu. The summed E-state index contributed by atoms with van der Waals surface area (Å²) in [5.41, 5.74) is 0. The van der Waals surface area contributed by atoms with Gasteiger partial charge < -0.3 is 0 Å². The second kappa shape index (κ2) is 1.81. The molecule has 0 nitrogen and oxygen atoms in total. The first-order chi connectivity index (χ1) is 2.56. The van der Waals surface area contributed by atoms with E-state index in [-0.39, 0.29) is 12.8 Å². The molecule has 0 aromatic rings. The van der Waals surface area contributed by atoms with Crippen LogP contribution in [-0.2, 0) is 12.8 Å². The molecule has 0 saturated heterocycles. The van der Waals surface area contributed by atoms with E-state index < -0.39 is 0 Å². The van der Waals surface area contributed by atoms with E-state index in [1.54, 1.807) is 0 Å². The van der Waals surface area contributed by atoms with Gasteiger partial charge in [-0.1, -0.05) is 0 Å². The quantitative estimate of drug-likeness (QED) is 0.485. The van der Waals surface area contributed by atoms with Gasteiger partial charge in [-0.3, -0.25) is 0 Å². The van der Waals surface area contributed by atoms with Crippen LogP contribution in [0.5, 0.6) is 0 Å². The molecule has 0 heterocycles. The summed E-state index contributed by atoms with van der Waals surface area (Å²) in [5, 5.41) is 0. The summed E-state index contributed by atoms with van der Waals surface area (Å²) < 4.78 is 0. The molecule has 43 valence electrons.